The molecule has 0 saturated heterocycles. The molecule has 1 rings (SSSR count). The van der Waals surface area contributed by atoms with Gasteiger partial charge in [0.25, 0.3) is 0 Å². The summed E-state index contributed by atoms with van der Waals surface area (Å²) in [6, 6.07) is 4.80. The lowest BCUT2D eigenvalue weighted by atomic mass is 9.82. The van der Waals surface area contributed by atoms with Gasteiger partial charge < -0.3 is 15.2 Å². The minimum atomic E-state index is -0.667. The van der Waals surface area contributed by atoms with E-state index < -0.39 is 6.10 Å². The van der Waals surface area contributed by atoms with Crippen molar-refractivity contribution in [2.45, 2.75) is 13.0 Å². The maximum atomic E-state index is 9.27. The number of aliphatic hydroxyl groups is 1. The Balaban J connectivity index is 3.18. The second-order valence-corrected chi connectivity index (χ2v) is 2.68. The first-order valence-corrected chi connectivity index (χ1v) is 3.76. The average Bonchev–Trinajstić information content (AvgIpc) is 2.03. The summed E-state index contributed by atoms with van der Waals surface area (Å²) >= 11 is 0. The normalized spacial score (nSPS) is 12.6. The molecule has 0 amide bonds. The number of benzene rings is 1. The van der Waals surface area contributed by atoms with Gasteiger partial charge in [0.1, 0.15) is 5.75 Å². The lowest BCUT2D eigenvalue weighted by molar-refractivity contribution is 0.200. The molecule has 0 bridgehead atoms. The molecule has 12 heavy (non-hydrogen) atoms. The minimum Gasteiger partial charge on any atom is -0.508 e. The van der Waals surface area contributed by atoms with Gasteiger partial charge in [0.15, 0.2) is 0 Å². The second-order valence-electron chi connectivity index (χ2n) is 2.68. The van der Waals surface area contributed by atoms with Gasteiger partial charge in [-0.3, -0.25) is 0 Å². The third-order valence-corrected chi connectivity index (χ3v) is 1.80. The Morgan fingerprint density at radius 3 is 2.50 bits per heavy atom. The van der Waals surface area contributed by atoms with Gasteiger partial charge in [0.2, 0.25) is 0 Å². The number of phenols is 1. The summed E-state index contributed by atoms with van der Waals surface area (Å²) in [5.41, 5.74) is 0.963. The van der Waals surface area contributed by atoms with Crippen LogP contribution in [-0.2, 0) is 0 Å². The van der Waals surface area contributed by atoms with Crippen molar-refractivity contribution in [3.8, 4) is 5.75 Å². The molecule has 0 aromatic heterocycles. The van der Waals surface area contributed by atoms with E-state index in [-0.39, 0.29) is 13.2 Å². The van der Waals surface area contributed by atoms with Gasteiger partial charge in [-0.2, -0.15) is 0 Å². The Morgan fingerprint density at radius 2 is 2.08 bits per heavy atom. The van der Waals surface area contributed by atoms with E-state index >= 15 is 0 Å². The van der Waals surface area contributed by atoms with Crippen LogP contribution in [0.15, 0.2) is 18.2 Å². The SMILES string of the molecule is CC(O)c1cccc(O)c1BO. The molecular formula is C8H11BO3. The monoisotopic (exact) mass is 166 g/mol. The molecule has 0 fully saturated rings. The second kappa shape index (κ2) is 3.60. The summed E-state index contributed by atoms with van der Waals surface area (Å²) in [5, 5.41) is 27.4. The topological polar surface area (TPSA) is 60.7 Å². The van der Waals surface area contributed by atoms with Crippen molar-refractivity contribution >= 4 is 12.9 Å². The van der Waals surface area contributed by atoms with Crippen LogP contribution in [0.3, 0.4) is 0 Å². The van der Waals surface area contributed by atoms with Gasteiger partial charge in [-0.1, -0.05) is 12.1 Å². The highest BCUT2D eigenvalue weighted by atomic mass is 16.3. The van der Waals surface area contributed by atoms with Crippen LogP contribution in [0.25, 0.3) is 0 Å². The van der Waals surface area contributed by atoms with Crippen molar-refractivity contribution < 1.29 is 15.2 Å². The molecule has 4 heteroatoms. The molecule has 3 N–H and O–H groups in total. The number of hydrogen-bond acceptors (Lipinski definition) is 3. The Kier molecular flexibility index (Phi) is 2.73. The average molecular weight is 166 g/mol. The summed E-state index contributed by atoms with van der Waals surface area (Å²) in [6.07, 6.45) is -0.667. The number of hydrogen-bond donors (Lipinski definition) is 3. The van der Waals surface area contributed by atoms with E-state index in [1.807, 2.05) is 0 Å². The van der Waals surface area contributed by atoms with Gasteiger partial charge in [0, 0.05) is 0 Å². The molecule has 0 aliphatic rings. The Bertz CT molecular complexity index is 273. The highest BCUT2D eigenvalue weighted by molar-refractivity contribution is 6.47. The van der Waals surface area contributed by atoms with E-state index in [1.165, 1.54) is 6.07 Å². The van der Waals surface area contributed by atoms with E-state index in [2.05, 4.69) is 0 Å². The molecule has 0 aliphatic heterocycles. The number of phenolic OH excluding ortho intramolecular Hbond substituents is 1. The highest BCUT2D eigenvalue weighted by Crippen LogP contribution is 2.14. The quantitative estimate of drug-likeness (QED) is 0.515. The Labute approximate surface area is 71.6 Å². The number of aromatic hydroxyl groups is 1. The lowest BCUT2D eigenvalue weighted by Gasteiger charge is -2.10. The van der Waals surface area contributed by atoms with Gasteiger partial charge in [-0.15, -0.1) is 0 Å². The third kappa shape index (κ3) is 1.60. The lowest BCUT2D eigenvalue weighted by Crippen LogP contribution is -2.20. The van der Waals surface area contributed by atoms with Crippen LogP contribution in [0, 0.1) is 0 Å². The maximum absolute atomic E-state index is 9.27. The van der Waals surface area contributed by atoms with E-state index in [0.717, 1.165) is 0 Å². The molecule has 0 heterocycles. The summed E-state index contributed by atoms with van der Waals surface area (Å²) in [4.78, 5) is 0. The van der Waals surface area contributed by atoms with Crippen molar-refractivity contribution in [3.05, 3.63) is 23.8 Å². The fraction of sp³-hybridized carbons (Fsp3) is 0.250. The molecule has 0 aliphatic carbocycles. The minimum absolute atomic E-state index is 0.0240. The molecule has 0 radical (unpaired) electrons. The van der Waals surface area contributed by atoms with Gasteiger partial charge >= 0.3 is 7.48 Å². The van der Waals surface area contributed by atoms with Crippen LogP contribution in [0.4, 0.5) is 0 Å². The molecule has 1 aromatic carbocycles. The Hall–Kier alpha value is -0.995. The van der Waals surface area contributed by atoms with Crippen molar-refractivity contribution in [2.24, 2.45) is 0 Å². The zero-order chi connectivity index (χ0) is 9.14. The van der Waals surface area contributed by atoms with Gasteiger partial charge in [0.05, 0.1) is 6.10 Å². The van der Waals surface area contributed by atoms with Gasteiger partial charge in [-0.05, 0) is 24.0 Å². The van der Waals surface area contributed by atoms with Crippen LogP contribution >= 0.6 is 0 Å². The van der Waals surface area contributed by atoms with Crippen molar-refractivity contribution in [1.29, 1.82) is 0 Å². The first-order chi connectivity index (χ1) is 5.66. The van der Waals surface area contributed by atoms with Crippen molar-refractivity contribution in [3.63, 3.8) is 0 Å². The Morgan fingerprint density at radius 1 is 1.42 bits per heavy atom. The van der Waals surface area contributed by atoms with Crippen LogP contribution < -0.4 is 5.46 Å². The molecule has 1 atom stereocenters. The molecule has 0 spiro atoms. The molecular weight excluding hydrogens is 155 g/mol. The molecule has 3 nitrogen and oxygen atoms in total. The molecule has 0 saturated carbocycles. The van der Waals surface area contributed by atoms with Gasteiger partial charge in [-0.25, -0.2) is 0 Å². The fourth-order valence-electron chi connectivity index (χ4n) is 1.16. The molecule has 64 valence electrons. The van der Waals surface area contributed by atoms with Crippen molar-refractivity contribution in [1.82, 2.24) is 0 Å². The van der Waals surface area contributed by atoms with E-state index in [0.29, 0.717) is 11.0 Å². The van der Waals surface area contributed by atoms with Crippen LogP contribution in [0.2, 0.25) is 0 Å². The first kappa shape index (κ1) is 9.10. The largest absolute Gasteiger partial charge is 0.508 e. The zero-order valence-electron chi connectivity index (χ0n) is 6.86. The van der Waals surface area contributed by atoms with Crippen LogP contribution in [0.1, 0.15) is 18.6 Å². The first-order valence-electron chi connectivity index (χ1n) is 3.76. The molecule has 1 unspecified atom stereocenters. The van der Waals surface area contributed by atoms with Crippen LogP contribution in [0.5, 0.6) is 5.75 Å². The van der Waals surface area contributed by atoms with E-state index in [9.17, 15) is 10.2 Å². The number of aliphatic hydroxyl groups excluding tert-OH is 1. The predicted molar refractivity (Wildman–Crippen MR) is 47.7 cm³/mol. The summed E-state index contributed by atoms with van der Waals surface area (Å²) in [5.74, 6) is 0.0240. The summed E-state index contributed by atoms with van der Waals surface area (Å²) < 4.78 is 0. The highest BCUT2D eigenvalue weighted by Gasteiger charge is 2.11. The fourth-order valence-corrected chi connectivity index (χ4v) is 1.16. The molecule has 1 aromatic rings. The summed E-state index contributed by atoms with van der Waals surface area (Å²) in [7, 11) is -0.257. The van der Waals surface area contributed by atoms with Crippen LogP contribution in [-0.4, -0.2) is 22.7 Å². The number of rotatable bonds is 2. The third-order valence-electron chi connectivity index (χ3n) is 1.80. The maximum Gasteiger partial charge on any atom is 0.308 e. The van der Waals surface area contributed by atoms with Crippen molar-refractivity contribution in [2.75, 3.05) is 0 Å². The summed E-state index contributed by atoms with van der Waals surface area (Å²) in [6.45, 7) is 1.59. The predicted octanol–water partition coefficient (Wildman–Crippen LogP) is -0.585. The van der Waals surface area contributed by atoms with E-state index in [1.54, 1.807) is 19.1 Å². The van der Waals surface area contributed by atoms with E-state index in [4.69, 9.17) is 5.02 Å². The smallest absolute Gasteiger partial charge is 0.308 e. The zero-order valence-corrected chi connectivity index (χ0v) is 6.86. The standard InChI is InChI=1S/C8H11BO3/c1-5(10)6-3-2-4-7(11)8(6)9-12/h2-5,9-12H,1H3.